The first-order chi connectivity index (χ1) is 16.3. The number of nitrogens with one attached hydrogen (secondary N) is 1. The highest BCUT2D eigenvalue weighted by molar-refractivity contribution is 5.87. The smallest absolute Gasteiger partial charge is 0.355 e. The Bertz CT molecular complexity index is 1420. The van der Waals surface area contributed by atoms with Crippen molar-refractivity contribution in [2.75, 3.05) is 31.1 Å². The second kappa shape index (κ2) is 7.43. The Balaban J connectivity index is 1.13. The summed E-state index contributed by atoms with van der Waals surface area (Å²) in [5.41, 5.74) is 3.16. The normalized spacial score (nSPS) is 18.1. The van der Waals surface area contributed by atoms with Crippen LogP contribution in [0.3, 0.4) is 0 Å². The number of fused-ring (bicyclic) bond motifs is 2. The van der Waals surface area contributed by atoms with E-state index in [1.54, 1.807) is 0 Å². The lowest BCUT2D eigenvalue weighted by molar-refractivity contribution is -0.142. The number of likely N-dealkylation sites (tertiary alicyclic amines) is 1. The minimum atomic E-state index is -4.34. The van der Waals surface area contributed by atoms with Crippen LogP contribution in [0, 0.1) is 16.7 Å². The van der Waals surface area contributed by atoms with Gasteiger partial charge in [0.15, 0.2) is 5.65 Å². The summed E-state index contributed by atoms with van der Waals surface area (Å²) in [6, 6.07) is 10.2. The Hall–Kier alpha value is -3.65. The molecular formula is C23H21F3N8. The molecule has 174 valence electrons. The van der Waals surface area contributed by atoms with Crippen LogP contribution in [0.1, 0.15) is 17.7 Å². The second-order valence-corrected chi connectivity index (χ2v) is 9.41. The molecule has 2 fully saturated rings. The number of aromatic amines is 1. The van der Waals surface area contributed by atoms with Gasteiger partial charge in [-0.25, -0.2) is 9.97 Å². The average Bonchev–Trinajstić information content (AvgIpc) is 3.46. The topological polar surface area (TPSA) is 89.7 Å². The molecule has 0 aliphatic carbocycles. The van der Waals surface area contributed by atoms with Crippen molar-refractivity contribution in [3.05, 3.63) is 48.0 Å². The highest BCUT2D eigenvalue weighted by atomic mass is 19.4. The van der Waals surface area contributed by atoms with Gasteiger partial charge in [-0.3, -0.25) is 9.58 Å². The first kappa shape index (κ1) is 20.9. The molecule has 1 spiro atoms. The molecule has 1 N–H and O–H groups in total. The van der Waals surface area contributed by atoms with Crippen LogP contribution in [-0.2, 0) is 13.1 Å². The number of hydrogen-bond acceptors (Lipinski definition) is 6. The van der Waals surface area contributed by atoms with Crippen LogP contribution in [0.15, 0.2) is 36.8 Å². The van der Waals surface area contributed by atoms with Crippen LogP contribution in [0.5, 0.6) is 0 Å². The Morgan fingerprint density at radius 3 is 2.79 bits per heavy atom. The molecule has 3 aromatic heterocycles. The van der Waals surface area contributed by atoms with Crippen molar-refractivity contribution in [1.29, 1.82) is 5.26 Å². The molecule has 0 atom stereocenters. The van der Waals surface area contributed by atoms with E-state index in [9.17, 15) is 13.2 Å². The van der Waals surface area contributed by atoms with E-state index in [0.29, 0.717) is 16.9 Å². The van der Waals surface area contributed by atoms with E-state index in [-0.39, 0.29) is 11.1 Å². The molecule has 4 aromatic rings. The summed E-state index contributed by atoms with van der Waals surface area (Å²) in [4.78, 5) is 16.1. The van der Waals surface area contributed by atoms with E-state index in [1.807, 2.05) is 12.1 Å². The summed E-state index contributed by atoms with van der Waals surface area (Å²) >= 11 is 0. The van der Waals surface area contributed by atoms with E-state index < -0.39 is 12.7 Å². The highest BCUT2D eigenvalue weighted by Gasteiger charge is 2.48. The Kier molecular flexibility index (Phi) is 4.57. The van der Waals surface area contributed by atoms with Crippen LogP contribution in [0.25, 0.3) is 21.9 Å². The van der Waals surface area contributed by atoms with E-state index >= 15 is 0 Å². The van der Waals surface area contributed by atoms with Gasteiger partial charge < -0.3 is 9.88 Å². The summed E-state index contributed by atoms with van der Waals surface area (Å²) in [5.74, 6) is 0.646. The third-order valence-corrected chi connectivity index (χ3v) is 6.77. The number of rotatable bonds is 4. The Morgan fingerprint density at radius 1 is 1.15 bits per heavy atom. The largest absolute Gasteiger partial charge is 0.408 e. The molecule has 0 amide bonds. The molecule has 2 aliphatic rings. The maximum absolute atomic E-state index is 12.8. The van der Waals surface area contributed by atoms with E-state index in [4.69, 9.17) is 5.26 Å². The lowest BCUT2D eigenvalue weighted by atomic mass is 9.79. The van der Waals surface area contributed by atoms with Crippen molar-refractivity contribution in [2.45, 2.75) is 25.7 Å². The summed E-state index contributed by atoms with van der Waals surface area (Å²) in [6.07, 6.45) is -0.525. The fourth-order valence-electron chi connectivity index (χ4n) is 5.31. The standard InChI is InChI=1S/C23H21F3N8/c24-23(25,26)13-34-9-18-20(31-34)28-14-29-21(18)33-11-22(12-33)3-4-32(10-22)8-15-1-2-16-6-17(7-27)30-19(16)5-15/h1-2,5-6,9,14,30H,3-4,8,10-13H2. The van der Waals surface area contributed by atoms with Crippen molar-refractivity contribution in [3.8, 4) is 6.07 Å². The molecule has 5 heterocycles. The minimum Gasteiger partial charge on any atom is -0.355 e. The number of nitrogens with zero attached hydrogens (tertiary/aromatic N) is 7. The minimum absolute atomic E-state index is 0.156. The number of anilines is 1. The van der Waals surface area contributed by atoms with E-state index in [2.05, 4.69) is 48.1 Å². The predicted molar refractivity (Wildman–Crippen MR) is 119 cm³/mol. The zero-order chi connectivity index (χ0) is 23.5. The van der Waals surface area contributed by atoms with E-state index in [1.165, 1.54) is 18.1 Å². The molecule has 2 aliphatic heterocycles. The average molecular weight is 466 g/mol. The molecule has 6 rings (SSSR count). The molecule has 0 unspecified atom stereocenters. The summed E-state index contributed by atoms with van der Waals surface area (Å²) in [6.45, 7) is 3.25. The number of alkyl halides is 3. The fraction of sp³-hybridized carbons (Fsp3) is 0.391. The molecule has 0 radical (unpaired) electrons. The molecule has 11 heteroatoms. The number of nitriles is 1. The van der Waals surface area contributed by atoms with Gasteiger partial charge in [0.25, 0.3) is 0 Å². The van der Waals surface area contributed by atoms with Gasteiger partial charge in [-0.2, -0.15) is 23.5 Å². The van der Waals surface area contributed by atoms with Crippen LogP contribution in [0.4, 0.5) is 19.0 Å². The number of benzene rings is 1. The van der Waals surface area contributed by atoms with Crippen LogP contribution >= 0.6 is 0 Å². The summed E-state index contributed by atoms with van der Waals surface area (Å²) < 4.78 is 39.2. The first-order valence-corrected chi connectivity index (χ1v) is 11.0. The fourth-order valence-corrected chi connectivity index (χ4v) is 5.31. The van der Waals surface area contributed by atoms with Crippen LogP contribution < -0.4 is 4.90 Å². The van der Waals surface area contributed by atoms with Gasteiger partial charge in [-0.05, 0) is 30.7 Å². The third kappa shape index (κ3) is 3.74. The van der Waals surface area contributed by atoms with Crippen molar-refractivity contribution in [2.24, 2.45) is 5.41 Å². The number of H-pyrrole nitrogens is 1. The predicted octanol–water partition coefficient (Wildman–Crippen LogP) is 3.45. The Morgan fingerprint density at radius 2 is 2.00 bits per heavy atom. The van der Waals surface area contributed by atoms with Crippen molar-refractivity contribution in [1.82, 2.24) is 29.6 Å². The highest BCUT2D eigenvalue weighted by Crippen LogP contribution is 2.43. The van der Waals surface area contributed by atoms with Gasteiger partial charge in [0.2, 0.25) is 0 Å². The maximum Gasteiger partial charge on any atom is 0.408 e. The number of halogens is 3. The summed E-state index contributed by atoms with van der Waals surface area (Å²) in [5, 5.41) is 14.6. The van der Waals surface area contributed by atoms with Crippen molar-refractivity contribution in [3.63, 3.8) is 0 Å². The lowest BCUT2D eigenvalue weighted by Gasteiger charge is -2.49. The van der Waals surface area contributed by atoms with Crippen molar-refractivity contribution >= 4 is 27.8 Å². The molecule has 8 nitrogen and oxygen atoms in total. The monoisotopic (exact) mass is 466 g/mol. The molecular weight excluding hydrogens is 445 g/mol. The van der Waals surface area contributed by atoms with Crippen LogP contribution in [0.2, 0.25) is 0 Å². The number of hydrogen-bond donors (Lipinski definition) is 1. The zero-order valence-corrected chi connectivity index (χ0v) is 18.2. The molecule has 2 saturated heterocycles. The quantitative estimate of drug-likeness (QED) is 0.496. The van der Waals surface area contributed by atoms with Gasteiger partial charge >= 0.3 is 6.18 Å². The van der Waals surface area contributed by atoms with Gasteiger partial charge in [0.1, 0.15) is 30.5 Å². The zero-order valence-electron chi connectivity index (χ0n) is 18.2. The molecule has 34 heavy (non-hydrogen) atoms. The third-order valence-electron chi connectivity index (χ3n) is 6.77. The van der Waals surface area contributed by atoms with Crippen LogP contribution in [-0.4, -0.2) is 62.0 Å². The Labute approximate surface area is 192 Å². The first-order valence-electron chi connectivity index (χ1n) is 11.0. The second-order valence-electron chi connectivity index (χ2n) is 9.41. The summed E-state index contributed by atoms with van der Waals surface area (Å²) in [7, 11) is 0. The molecule has 1 aromatic carbocycles. The van der Waals surface area contributed by atoms with Gasteiger partial charge in [-0.15, -0.1) is 0 Å². The van der Waals surface area contributed by atoms with Gasteiger partial charge in [-0.1, -0.05) is 12.1 Å². The lowest BCUT2D eigenvalue weighted by Crippen LogP contribution is -2.58. The SMILES string of the molecule is N#Cc1cc2ccc(CN3CCC4(C3)CN(c3ncnc5nn(CC(F)(F)F)cc35)C4)cc2[nH]1. The molecule has 0 bridgehead atoms. The van der Waals surface area contributed by atoms with E-state index in [0.717, 1.165) is 54.7 Å². The van der Waals surface area contributed by atoms with Gasteiger partial charge in [0.05, 0.1) is 5.39 Å². The van der Waals surface area contributed by atoms with Crippen molar-refractivity contribution < 1.29 is 13.2 Å². The molecule has 0 saturated carbocycles. The van der Waals surface area contributed by atoms with Gasteiger partial charge in [0, 0.05) is 48.7 Å². The maximum atomic E-state index is 12.8. The number of aromatic nitrogens is 5.